The second-order valence-electron chi connectivity index (χ2n) is 7.78. The molecule has 2 aliphatic rings. The van der Waals surface area contributed by atoms with Crippen molar-refractivity contribution < 1.29 is 14.3 Å². The van der Waals surface area contributed by atoms with Crippen LogP contribution in [0.15, 0.2) is 54.7 Å². The Balaban J connectivity index is 1.30. The Labute approximate surface area is 184 Å². The molecule has 2 aromatic carbocycles. The van der Waals surface area contributed by atoms with Crippen LogP contribution in [-0.2, 0) is 23.1 Å². The molecule has 0 radical (unpaired) electrons. The number of ketones is 1. The first-order valence-electron chi connectivity index (χ1n) is 9.85. The van der Waals surface area contributed by atoms with E-state index >= 15 is 0 Å². The summed E-state index contributed by atoms with van der Waals surface area (Å²) in [5, 5.41) is 1.28. The van der Waals surface area contributed by atoms with Crippen molar-refractivity contribution in [3.8, 4) is 11.5 Å². The Hall–Kier alpha value is -2.56. The molecule has 0 N–H and O–H groups in total. The first-order valence-corrected chi connectivity index (χ1v) is 10.6. The van der Waals surface area contributed by atoms with E-state index in [2.05, 4.69) is 4.98 Å². The van der Waals surface area contributed by atoms with Gasteiger partial charge in [0.25, 0.3) is 0 Å². The fraction of sp³-hybridized carbons (Fsp3) is 0.250. The van der Waals surface area contributed by atoms with E-state index in [9.17, 15) is 4.79 Å². The van der Waals surface area contributed by atoms with E-state index in [-0.39, 0.29) is 12.6 Å². The van der Waals surface area contributed by atoms with Gasteiger partial charge in [0, 0.05) is 34.8 Å². The average molecular weight is 440 g/mol. The fourth-order valence-corrected chi connectivity index (χ4v) is 4.48. The number of fused-ring (bicyclic) bond motifs is 1. The molecule has 0 amide bonds. The van der Waals surface area contributed by atoms with Crippen molar-refractivity contribution in [2.45, 2.75) is 31.1 Å². The van der Waals surface area contributed by atoms with Crippen molar-refractivity contribution in [3.63, 3.8) is 0 Å². The zero-order valence-corrected chi connectivity index (χ0v) is 17.7. The number of halogens is 2. The van der Waals surface area contributed by atoms with Gasteiger partial charge in [-0.25, -0.2) is 0 Å². The monoisotopic (exact) mass is 439 g/mol. The van der Waals surface area contributed by atoms with E-state index in [0.717, 1.165) is 41.0 Å². The smallest absolute Gasteiger partial charge is 0.231 e. The third-order valence-corrected chi connectivity index (χ3v) is 6.59. The predicted octanol–water partition coefficient (Wildman–Crippen LogP) is 5.55. The van der Waals surface area contributed by atoms with Crippen LogP contribution in [0.4, 0.5) is 0 Å². The largest absolute Gasteiger partial charge is 0.454 e. The van der Waals surface area contributed by atoms with E-state index in [1.165, 1.54) is 0 Å². The van der Waals surface area contributed by atoms with Crippen LogP contribution in [0.2, 0.25) is 10.0 Å². The van der Waals surface area contributed by atoms with Crippen molar-refractivity contribution in [1.82, 2.24) is 4.98 Å². The predicted molar refractivity (Wildman–Crippen MR) is 116 cm³/mol. The highest BCUT2D eigenvalue weighted by Gasteiger charge is 2.50. The standard InChI is InChI=1S/C24H19Cl2NO3/c25-19-2-1-3-20(26)18(19)10-15-4-6-17(27-13-15)12-23(28)24(8-9-24)16-5-7-21-22(11-16)30-14-29-21/h1-7,11,13H,8-10,12,14H2. The molecule has 1 aliphatic heterocycles. The van der Waals surface area contributed by atoms with Crippen LogP contribution in [0, 0.1) is 0 Å². The quantitative estimate of drug-likeness (QED) is 0.504. The summed E-state index contributed by atoms with van der Waals surface area (Å²) in [6.07, 6.45) is 4.41. The van der Waals surface area contributed by atoms with Gasteiger partial charge >= 0.3 is 0 Å². The number of benzene rings is 2. The summed E-state index contributed by atoms with van der Waals surface area (Å²) < 4.78 is 10.9. The van der Waals surface area contributed by atoms with E-state index in [4.69, 9.17) is 32.7 Å². The molecule has 30 heavy (non-hydrogen) atoms. The lowest BCUT2D eigenvalue weighted by Crippen LogP contribution is -2.23. The first-order chi connectivity index (χ1) is 14.5. The third-order valence-electron chi connectivity index (χ3n) is 5.88. The van der Waals surface area contributed by atoms with Crippen LogP contribution in [0.1, 0.15) is 35.2 Å². The van der Waals surface area contributed by atoms with Crippen LogP contribution in [-0.4, -0.2) is 17.6 Å². The molecule has 1 saturated carbocycles. The number of aromatic nitrogens is 1. The maximum atomic E-state index is 13.1. The Morgan fingerprint density at radius 1 is 1.00 bits per heavy atom. The third kappa shape index (κ3) is 3.55. The van der Waals surface area contributed by atoms with Gasteiger partial charge in [0.15, 0.2) is 11.5 Å². The van der Waals surface area contributed by atoms with Crippen molar-refractivity contribution in [1.29, 1.82) is 0 Å². The number of hydrogen-bond donors (Lipinski definition) is 0. The van der Waals surface area contributed by atoms with Gasteiger partial charge in [-0.05, 0) is 59.9 Å². The van der Waals surface area contributed by atoms with E-state index in [1.54, 1.807) is 6.20 Å². The molecule has 0 unspecified atom stereocenters. The molecular weight excluding hydrogens is 421 g/mol. The second-order valence-corrected chi connectivity index (χ2v) is 8.60. The summed E-state index contributed by atoms with van der Waals surface area (Å²) in [4.78, 5) is 17.6. The lowest BCUT2D eigenvalue weighted by molar-refractivity contribution is -0.120. The molecule has 5 rings (SSSR count). The number of carbonyl (C=O) groups is 1. The lowest BCUT2D eigenvalue weighted by Gasteiger charge is -2.15. The van der Waals surface area contributed by atoms with Gasteiger partial charge in [-0.1, -0.05) is 41.4 Å². The zero-order chi connectivity index (χ0) is 20.7. The molecule has 0 atom stereocenters. The zero-order valence-electron chi connectivity index (χ0n) is 16.2. The first kappa shape index (κ1) is 19.4. The van der Waals surface area contributed by atoms with E-state index < -0.39 is 5.41 Å². The van der Waals surface area contributed by atoms with Gasteiger partial charge in [0.05, 0.1) is 5.41 Å². The SMILES string of the molecule is O=C(Cc1ccc(Cc2c(Cl)cccc2Cl)cn1)C1(c2ccc3c(c2)OCO3)CC1. The number of ether oxygens (including phenoxy) is 2. The summed E-state index contributed by atoms with van der Waals surface area (Å²) in [6, 6.07) is 15.2. The summed E-state index contributed by atoms with van der Waals surface area (Å²) >= 11 is 12.5. The second kappa shape index (κ2) is 7.60. The Morgan fingerprint density at radius 3 is 2.47 bits per heavy atom. The summed E-state index contributed by atoms with van der Waals surface area (Å²) in [6.45, 7) is 0.232. The summed E-state index contributed by atoms with van der Waals surface area (Å²) in [7, 11) is 0. The normalized spacial score (nSPS) is 15.8. The number of rotatable bonds is 6. The number of hydrogen-bond acceptors (Lipinski definition) is 4. The molecule has 1 aliphatic carbocycles. The van der Waals surface area contributed by atoms with Gasteiger partial charge in [0.2, 0.25) is 6.79 Å². The van der Waals surface area contributed by atoms with Gasteiger partial charge in [0.1, 0.15) is 5.78 Å². The van der Waals surface area contributed by atoms with Crippen LogP contribution < -0.4 is 9.47 Å². The Bertz CT molecular complexity index is 1100. The minimum absolute atomic E-state index is 0.191. The molecule has 0 saturated heterocycles. The van der Waals surface area contributed by atoms with Gasteiger partial charge < -0.3 is 9.47 Å². The minimum atomic E-state index is -0.424. The number of Topliss-reactive ketones (excluding diaryl/α,β-unsaturated/α-hetero) is 1. The molecule has 3 aromatic rings. The van der Waals surface area contributed by atoms with Crippen molar-refractivity contribution in [2.24, 2.45) is 0 Å². The minimum Gasteiger partial charge on any atom is -0.454 e. The Kier molecular flexibility index (Phi) is 4.92. The molecular formula is C24H19Cl2NO3. The molecule has 0 spiro atoms. The molecule has 6 heteroatoms. The molecule has 0 bridgehead atoms. The van der Waals surface area contributed by atoms with Crippen molar-refractivity contribution in [3.05, 3.63) is 87.2 Å². The maximum absolute atomic E-state index is 13.1. The number of nitrogens with zero attached hydrogens (tertiary/aromatic N) is 1. The topological polar surface area (TPSA) is 48.4 Å². The highest BCUT2D eigenvalue weighted by Crippen LogP contribution is 2.51. The van der Waals surface area contributed by atoms with E-state index in [1.807, 2.05) is 48.5 Å². The lowest BCUT2D eigenvalue weighted by atomic mass is 9.88. The molecule has 4 nitrogen and oxygen atoms in total. The molecule has 152 valence electrons. The van der Waals surface area contributed by atoms with E-state index in [0.29, 0.717) is 28.6 Å². The fourth-order valence-electron chi connectivity index (χ4n) is 3.95. The van der Waals surface area contributed by atoms with Gasteiger partial charge in [-0.2, -0.15) is 0 Å². The average Bonchev–Trinajstić information content (AvgIpc) is 3.43. The highest BCUT2D eigenvalue weighted by atomic mass is 35.5. The van der Waals surface area contributed by atoms with Gasteiger partial charge in [-0.3, -0.25) is 9.78 Å². The molecule has 1 aromatic heterocycles. The highest BCUT2D eigenvalue weighted by molar-refractivity contribution is 6.36. The molecule has 2 heterocycles. The van der Waals surface area contributed by atoms with Crippen LogP contribution in [0.5, 0.6) is 11.5 Å². The number of pyridine rings is 1. The van der Waals surface area contributed by atoms with Gasteiger partial charge in [-0.15, -0.1) is 0 Å². The molecule has 1 fully saturated rings. The maximum Gasteiger partial charge on any atom is 0.231 e. The van der Waals surface area contributed by atoms with Crippen LogP contribution in [0.25, 0.3) is 0 Å². The summed E-state index contributed by atoms with van der Waals surface area (Å²) in [5.41, 5.74) is 3.22. The Morgan fingerprint density at radius 2 is 1.77 bits per heavy atom. The number of carbonyl (C=O) groups excluding carboxylic acids is 1. The van der Waals surface area contributed by atoms with Crippen LogP contribution in [0.3, 0.4) is 0 Å². The van der Waals surface area contributed by atoms with Crippen LogP contribution >= 0.6 is 23.2 Å². The van der Waals surface area contributed by atoms with Crippen molar-refractivity contribution in [2.75, 3.05) is 6.79 Å². The summed E-state index contributed by atoms with van der Waals surface area (Å²) in [5.74, 6) is 1.64. The van der Waals surface area contributed by atoms with Crippen molar-refractivity contribution >= 4 is 29.0 Å².